The summed E-state index contributed by atoms with van der Waals surface area (Å²) < 4.78 is 37.6. The molecule has 0 saturated heterocycles. The largest absolute Gasteiger partial charge is 0.487 e. The topological polar surface area (TPSA) is 112 Å². The van der Waals surface area contributed by atoms with Crippen LogP contribution in [0, 0.1) is 0 Å². The molecule has 80 valence electrons. The van der Waals surface area contributed by atoms with Gasteiger partial charge in [-0.05, 0) is 0 Å². The molecular weight excluding hydrogens is 246 g/mol. The summed E-state index contributed by atoms with van der Waals surface area (Å²) in [7, 11) is -6.35. The second kappa shape index (κ2) is 5.45. The van der Waals surface area contributed by atoms with E-state index in [1.54, 1.807) is 0 Å². The van der Waals surface area contributed by atoms with Crippen LogP contribution in [0.4, 0.5) is 0 Å². The fourth-order valence-electron chi connectivity index (χ4n) is 0.226. The van der Waals surface area contributed by atoms with Crippen molar-refractivity contribution in [1.29, 1.82) is 0 Å². The summed E-state index contributed by atoms with van der Waals surface area (Å²) in [5.41, 5.74) is 0. The van der Waals surface area contributed by atoms with E-state index in [1.165, 1.54) is 0 Å². The Morgan fingerprint density at radius 3 is 1.85 bits per heavy atom. The highest BCUT2D eigenvalue weighted by atomic mass is 32.2. The van der Waals surface area contributed by atoms with Crippen LogP contribution in [0.3, 0.4) is 0 Å². The van der Waals surface area contributed by atoms with E-state index in [4.69, 9.17) is 9.79 Å². The fraction of sp³-hybridized carbons (Fsp3) is 1.00. The lowest BCUT2D eigenvalue weighted by Gasteiger charge is -2.10. The highest BCUT2D eigenvalue weighted by Crippen LogP contribution is 2.54. The van der Waals surface area contributed by atoms with Gasteiger partial charge in [0.05, 0.1) is 0 Å². The van der Waals surface area contributed by atoms with Crippen molar-refractivity contribution in [1.82, 2.24) is 0 Å². The van der Waals surface area contributed by atoms with E-state index in [0.29, 0.717) is 0 Å². The van der Waals surface area contributed by atoms with Gasteiger partial charge in [0.1, 0.15) is 0 Å². The third kappa shape index (κ3) is 6.62. The maximum absolute atomic E-state index is 11.0. The summed E-state index contributed by atoms with van der Waals surface area (Å²) in [5.74, 6) is 0. The van der Waals surface area contributed by atoms with Crippen molar-refractivity contribution < 1.29 is 35.9 Å². The van der Waals surface area contributed by atoms with Gasteiger partial charge >= 0.3 is 15.6 Å². The lowest BCUT2D eigenvalue weighted by atomic mass is 11.8. The summed E-state index contributed by atoms with van der Waals surface area (Å²) >= 11 is -0.160. The standard InChI is InChI=1S/C2H8O8P2S/c1-7-12(6,8-2)10-13-9-11(3,4)5/h1-2H3,(H2,3,4,5). The van der Waals surface area contributed by atoms with E-state index in [-0.39, 0.29) is 12.3 Å². The van der Waals surface area contributed by atoms with Gasteiger partial charge in [-0.1, -0.05) is 0 Å². The third-order valence-electron chi connectivity index (χ3n) is 0.696. The molecule has 0 amide bonds. The van der Waals surface area contributed by atoms with Gasteiger partial charge in [-0.25, -0.2) is 9.13 Å². The van der Waals surface area contributed by atoms with Crippen LogP contribution < -0.4 is 0 Å². The predicted molar refractivity (Wildman–Crippen MR) is 43.4 cm³/mol. The van der Waals surface area contributed by atoms with Crippen LogP contribution in [0.1, 0.15) is 0 Å². The number of phosphoric acid groups is 2. The zero-order valence-electron chi connectivity index (χ0n) is 6.65. The van der Waals surface area contributed by atoms with E-state index >= 15 is 0 Å². The predicted octanol–water partition coefficient (Wildman–Crippen LogP) is 1.08. The van der Waals surface area contributed by atoms with Crippen LogP contribution in [0.2, 0.25) is 0 Å². The summed E-state index contributed by atoms with van der Waals surface area (Å²) in [5, 5.41) is 0. The molecule has 0 radical (unpaired) electrons. The van der Waals surface area contributed by atoms with E-state index in [2.05, 4.69) is 17.0 Å². The van der Waals surface area contributed by atoms with Gasteiger partial charge < -0.3 is 9.79 Å². The molecule has 0 atom stereocenters. The molecule has 0 aromatic heterocycles. The molecule has 0 rings (SSSR count). The maximum atomic E-state index is 11.0. The summed E-state index contributed by atoms with van der Waals surface area (Å²) in [6.07, 6.45) is 0. The Hall–Kier alpha value is 0.570. The average molecular weight is 254 g/mol. The molecule has 0 saturated carbocycles. The first-order valence-corrected chi connectivity index (χ1v) is 6.30. The minimum Gasteiger partial charge on any atom is -0.302 e. The first-order chi connectivity index (χ1) is 5.83. The van der Waals surface area contributed by atoms with E-state index in [1.807, 2.05) is 0 Å². The molecule has 0 aromatic rings. The lowest BCUT2D eigenvalue weighted by molar-refractivity contribution is 0.215. The SMILES string of the molecule is COP(=O)(OC)OSOP(=O)(O)O. The highest BCUT2D eigenvalue weighted by molar-refractivity contribution is 7.96. The van der Waals surface area contributed by atoms with Crippen molar-refractivity contribution >= 4 is 28.0 Å². The molecule has 0 spiro atoms. The van der Waals surface area contributed by atoms with Crippen LogP contribution in [-0.4, -0.2) is 24.0 Å². The Morgan fingerprint density at radius 2 is 1.54 bits per heavy atom. The van der Waals surface area contributed by atoms with Crippen LogP contribution in [0.15, 0.2) is 0 Å². The van der Waals surface area contributed by atoms with Crippen molar-refractivity contribution in [2.45, 2.75) is 0 Å². The van der Waals surface area contributed by atoms with Crippen molar-refractivity contribution in [3.8, 4) is 0 Å². The Kier molecular flexibility index (Phi) is 5.69. The smallest absolute Gasteiger partial charge is 0.302 e. The van der Waals surface area contributed by atoms with Crippen molar-refractivity contribution in [3.05, 3.63) is 0 Å². The van der Waals surface area contributed by atoms with Crippen molar-refractivity contribution in [2.24, 2.45) is 0 Å². The zero-order chi connectivity index (χ0) is 10.5. The minimum absolute atomic E-state index is 0.160. The zero-order valence-corrected chi connectivity index (χ0v) is 9.25. The molecule has 0 aromatic carbocycles. The molecule has 13 heavy (non-hydrogen) atoms. The van der Waals surface area contributed by atoms with Crippen LogP contribution in [-0.2, 0) is 26.1 Å². The van der Waals surface area contributed by atoms with Crippen molar-refractivity contribution in [3.63, 3.8) is 0 Å². The highest BCUT2D eigenvalue weighted by Gasteiger charge is 2.26. The third-order valence-corrected chi connectivity index (χ3v) is 3.58. The molecule has 11 heteroatoms. The second-order valence-electron chi connectivity index (χ2n) is 1.52. The number of hydrogen-bond donors (Lipinski definition) is 2. The molecular formula is C2H8O8P2S. The minimum atomic E-state index is -4.67. The van der Waals surface area contributed by atoms with E-state index in [9.17, 15) is 9.13 Å². The Morgan fingerprint density at radius 1 is 1.08 bits per heavy atom. The van der Waals surface area contributed by atoms with Gasteiger partial charge in [-0.15, -0.1) is 0 Å². The lowest BCUT2D eigenvalue weighted by Crippen LogP contribution is -1.89. The average Bonchev–Trinajstić information content (AvgIpc) is 2.02. The molecule has 0 heterocycles. The molecule has 0 fully saturated rings. The van der Waals surface area contributed by atoms with Crippen LogP contribution >= 0.6 is 28.0 Å². The number of phosphoric ester groups is 1. The van der Waals surface area contributed by atoms with Gasteiger partial charge in [0.15, 0.2) is 12.3 Å². The van der Waals surface area contributed by atoms with E-state index < -0.39 is 15.6 Å². The van der Waals surface area contributed by atoms with Crippen LogP contribution in [0.5, 0.6) is 0 Å². The molecule has 0 aliphatic carbocycles. The van der Waals surface area contributed by atoms with Gasteiger partial charge in [-0.2, -0.15) is 7.94 Å². The van der Waals surface area contributed by atoms with Gasteiger partial charge in [0.2, 0.25) is 0 Å². The first kappa shape index (κ1) is 13.6. The summed E-state index contributed by atoms with van der Waals surface area (Å²) in [4.78, 5) is 16.4. The quantitative estimate of drug-likeness (QED) is 0.530. The molecule has 0 aliphatic heterocycles. The van der Waals surface area contributed by atoms with Gasteiger partial charge in [0.25, 0.3) is 0 Å². The molecule has 8 nitrogen and oxygen atoms in total. The second-order valence-corrected chi connectivity index (χ2v) is 5.45. The molecule has 0 aliphatic rings. The monoisotopic (exact) mass is 254 g/mol. The van der Waals surface area contributed by atoms with Gasteiger partial charge in [0, 0.05) is 14.2 Å². The summed E-state index contributed by atoms with van der Waals surface area (Å²) in [6, 6.07) is 0. The number of rotatable bonds is 6. The van der Waals surface area contributed by atoms with E-state index in [0.717, 1.165) is 14.2 Å². The van der Waals surface area contributed by atoms with Gasteiger partial charge in [-0.3, -0.25) is 9.05 Å². The Balaban J connectivity index is 3.89. The Bertz CT molecular complexity index is 226. The first-order valence-electron chi connectivity index (χ1n) is 2.65. The van der Waals surface area contributed by atoms with Crippen LogP contribution in [0.25, 0.3) is 0 Å². The molecule has 0 bridgehead atoms. The normalized spacial score (nSPS) is 13.2. The molecule has 0 unspecified atom stereocenters. The maximum Gasteiger partial charge on any atom is 0.487 e. The number of hydrogen-bond acceptors (Lipinski definition) is 7. The summed E-state index contributed by atoms with van der Waals surface area (Å²) in [6.45, 7) is 0. The molecule has 2 N–H and O–H groups in total. The fourth-order valence-corrected chi connectivity index (χ4v) is 1.83. The van der Waals surface area contributed by atoms with Crippen molar-refractivity contribution in [2.75, 3.05) is 14.2 Å². The Labute approximate surface area is 78.8 Å².